The smallest absolute Gasteiger partial charge is 0.279 e. The summed E-state index contributed by atoms with van der Waals surface area (Å²) in [7, 11) is 0. The highest BCUT2D eigenvalue weighted by Crippen LogP contribution is 2.20. The normalized spacial score (nSPS) is 10.4. The van der Waals surface area contributed by atoms with Gasteiger partial charge in [-0.15, -0.1) is 10.2 Å². The molecule has 2 aromatic heterocycles. The third kappa shape index (κ3) is 3.12. The van der Waals surface area contributed by atoms with E-state index in [1.54, 1.807) is 6.20 Å². The van der Waals surface area contributed by atoms with E-state index in [0.717, 1.165) is 11.3 Å². The average Bonchev–Trinajstić information content (AvgIpc) is 2.96. The molecule has 1 amide bonds. The first-order chi connectivity index (χ1) is 10.7. The number of hydrogen-bond donors (Lipinski definition) is 2. The molecular formula is C15H12ClN5O. The van der Waals surface area contributed by atoms with E-state index >= 15 is 0 Å². The van der Waals surface area contributed by atoms with Gasteiger partial charge in [0.25, 0.3) is 5.91 Å². The molecule has 3 rings (SSSR count). The highest BCUT2D eigenvalue weighted by molar-refractivity contribution is 6.32. The largest absolute Gasteiger partial charge is 0.320 e. The Morgan fingerprint density at radius 1 is 1.14 bits per heavy atom. The van der Waals surface area contributed by atoms with Gasteiger partial charge in [0.2, 0.25) is 0 Å². The molecule has 110 valence electrons. The van der Waals surface area contributed by atoms with Gasteiger partial charge < -0.3 is 5.32 Å². The van der Waals surface area contributed by atoms with Crippen molar-refractivity contribution in [1.82, 2.24) is 20.4 Å². The van der Waals surface area contributed by atoms with Crippen LogP contribution in [0.4, 0.5) is 5.69 Å². The predicted octanol–water partition coefficient (Wildman–Crippen LogP) is 2.70. The van der Waals surface area contributed by atoms with E-state index in [1.807, 2.05) is 42.5 Å². The summed E-state index contributed by atoms with van der Waals surface area (Å²) in [6, 6.07) is 13.3. The fourth-order valence-electron chi connectivity index (χ4n) is 2.04. The van der Waals surface area contributed by atoms with Gasteiger partial charge in [-0.3, -0.25) is 9.78 Å². The lowest BCUT2D eigenvalue weighted by Crippen LogP contribution is -2.14. The summed E-state index contributed by atoms with van der Waals surface area (Å²) in [5.74, 6) is -0.410. The molecule has 0 saturated heterocycles. The maximum atomic E-state index is 12.2. The zero-order valence-electron chi connectivity index (χ0n) is 11.5. The Morgan fingerprint density at radius 3 is 2.68 bits per heavy atom. The van der Waals surface area contributed by atoms with Crippen molar-refractivity contribution in [3.05, 3.63) is 70.8 Å². The average molecular weight is 314 g/mol. The number of rotatable bonds is 4. The fourth-order valence-corrected chi connectivity index (χ4v) is 2.20. The molecule has 0 aliphatic heterocycles. The molecule has 0 aliphatic rings. The van der Waals surface area contributed by atoms with Crippen LogP contribution in [-0.2, 0) is 6.42 Å². The van der Waals surface area contributed by atoms with Crippen molar-refractivity contribution < 1.29 is 4.79 Å². The summed E-state index contributed by atoms with van der Waals surface area (Å²) >= 11 is 5.79. The van der Waals surface area contributed by atoms with Gasteiger partial charge in [-0.05, 0) is 23.8 Å². The Labute approximate surface area is 131 Å². The van der Waals surface area contributed by atoms with Gasteiger partial charge in [0.1, 0.15) is 0 Å². The van der Waals surface area contributed by atoms with Crippen LogP contribution in [0.1, 0.15) is 21.7 Å². The molecule has 0 fully saturated rings. The molecule has 2 N–H and O–H groups in total. The predicted molar refractivity (Wildman–Crippen MR) is 82.8 cm³/mol. The molecule has 2 heterocycles. The summed E-state index contributed by atoms with van der Waals surface area (Å²) in [5.41, 5.74) is 2.63. The molecular weight excluding hydrogens is 302 g/mol. The maximum Gasteiger partial charge on any atom is 0.279 e. The lowest BCUT2D eigenvalue weighted by Gasteiger charge is -2.10. The van der Waals surface area contributed by atoms with Crippen LogP contribution in [0.15, 0.2) is 48.7 Å². The molecule has 0 spiro atoms. The van der Waals surface area contributed by atoms with Crippen molar-refractivity contribution in [3.8, 4) is 0 Å². The van der Waals surface area contributed by atoms with E-state index in [4.69, 9.17) is 11.6 Å². The fraction of sp³-hybridized carbons (Fsp3) is 0.0667. The number of carbonyl (C=O) groups excluding carboxylic acids is 1. The Morgan fingerprint density at radius 2 is 1.95 bits per heavy atom. The van der Waals surface area contributed by atoms with Crippen molar-refractivity contribution in [1.29, 1.82) is 0 Å². The van der Waals surface area contributed by atoms with Crippen LogP contribution in [0.3, 0.4) is 0 Å². The van der Waals surface area contributed by atoms with Crippen LogP contribution < -0.4 is 5.32 Å². The minimum atomic E-state index is -0.410. The van der Waals surface area contributed by atoms with Crippen molar-refractivity contribution in [2.45, 2.75) is 6.42 Å². The van der Waals surface area contributed by atoms with Gasteiger partial charge in [0.15, 0.2) is 10.8 Å². The third-order valence-corrected chi connectivity index (χ3v) is 3.35. The Kier molecular flexibility index (Phi) is 4.11. The van der Waals surface area contributed by atoms with E-state index in [2.05, 4.69) is 25.7 Å². The van der Waals surface area contributed by atoms with Crippen molar-refractivity contribution >= 4 is 23.2 Å². The number of nitrogens with one attached hydrogen (secondary N) is 2. The summed E-state index contributed by atoms with van der Waals surface area (Å²) in [4.78, 5) is 16.5. The second-order valence-electron chi connectivity index (χ2n) is 4.57. The summed E-state index contributed by atoms with van der Waals surface area (Å²) in [6.07, 6.45) is 2.36. The first kappa shape index (κ1) is 14.2. The Hall–Kier alpha value is -2.73. The lowest BCUT2D eigenvalue weighted by molar-refractivity contribution is 0.102. The van der Waals surface area contributed by atoms with E-state index in [9.17, 15) is 4.79 Å². The number of H-pyrrole nitrogens is 1. The third-order valence-electron chi connectivity index (χ3n) is 3.08. The second-order valence-corrected chi connectivity index (χ2v) is 4.93. The van der Waals surface area contributed by atoms with Gasteiger partial charge in [0, 0.05) is 24.0 Å². The molecule has 0 atom stereocenters. The summed E-state index contributed by atoms with van der Waals surface area (Å²) in [6.45, 7) is 0. The molecule has 22 heavy (non-hydrogen) atoms. The SMILES string of the molecule is O=C(Nc1ccccc1Cc1ccccn1)c1n[nH]nc1Cl. The molecule has 6 nitrogen and oxygen atoms in total. The number of pyridine rings is 1. The first-order valence-electron chi connectivity index (χ1n) is 6.59. The summed E-state index contributed by atoms with van der Waals surface area (Å²) in [5, 5.41) is 12.5. The van der Waals surface area contributed by atoms with Crippen LogP contribution >= 0.6 is 11.6 Å². The second kappa shape index (κ2) is 6.36. The number of para-hydroxylation sites is 1. The topological polar surface area (TPSA) is 83.6 Å². The van der Waals surface area contributed by atoms with Crippen LogP contribution in [-0.4, -0.2) is 26.3 Å². The number of carbonyl (C=O) groups is 1. The molecule has 1 aromatic carbocycles. The maximum absolute atomic E-state index is 12.2. The Bertz CT molecular complexity index is 787. The van der Waals surface area contributed by atoms with Gasteiger partial charge in [-0.1, -0.05) is 35.9 Å². The number of aromatic amines is 1. The highest BCUT2D eigenvalue weighted by Gasteiger charge is 2.16. The number of anilines is 1. The van der Waals surface area contributed by atoms with Crippen LogP contribution in [0.5, 0.6) is 0 Å². The molecule has 0 saturated carbocycles. The van der Waals surface area contributed by atoms with Gasteiger partial charge in [0.05, 0.1) is 0 Å². The van der Waals surface area contributed by atoms with Gasteiger partial charge in [-0.2, -0.15) is 5.21 Å². The number of nitrogens with zero attached hydrogens (tertiary/aromatic N) is 3. The van der Waals surface area contributed by atoms with Crippen LogP contribution in [0.25, 0.3) is 0 Å². The highest BCUT2D eigenvalue weighted by atomic mass is 35.5. The molecule has 0 radical (unpaired) electrons. The van der Waals surface area contributed by atoms with E-state index in [0.29, 0.717) is 12.1 Å². The number of hydrogen-bond acceptors (Lipinski definition) is 4. The molecule has 0 bridgehead atoms. The molecule has 0 aliphatic carbocycles. The summed E-state index contributed by atoms with van der Waals surface area (Å²) < 4.78 is 0. The zero-order valence-corrected chi connectivity index (χ0v) is 12.2. The Balaban J connectivity index is 1.83. The monoisotopic (exact) mass is 313 g/mol. The quantitative estimate of drug-likeness (QED) is 0.775. The minimum absolute atomic E-state index is 0.0414. The molecule has 0 unspecified atom stereocenters. The standard InChI is InChI=1S/C15H12ClN5O/c16-14-13(19-21-20-14)15(22)18-12-7-2-1-5-10(12)9-11-6-3-4-8-17-11/h1-8H,9H2,(H,18,22)(H,19,20,21). The zero-order chi connectivity index (χ0) is 15.4. The lowest BCUT2D eigenvalue weighted by atomic mass is 10.1. The van der Waals surface area contributed by atoms with E-state index in [1.165, 1.54) is 0 Å². The van der Waals surface area contributed by atoms with Crippen LogP contribution in [0, 0.1) is 0 Å². The number of aromatic nitrogens is 4. The van der Waals surface area contributed by atoms with Crippen molar-refractivity contribution in [2.24, 2.45) is 0 Å². The first-order valence-corrected chi connectivity index (χ1v) is 6.97. The number of amides is 1. The van der Waals surface area contributed by atoms with E-state index < -0.39 is 5.91 Å². The molecule has 3 aromatic rings. The minimum Gasteiger partial charge on any atom is -0.320 e. The molecule has 7 heteroatoms. The number of halogens is 1. The van der Waals surface area contributed by atoms with Crippen molar-refractivity contribution in [3.63, 3.8) is 0 Å². The van der Waals surface area contributed by atoms with Crippen LogP contribution in [0.2, 0.25) is 5.15 Å². The van der Waals surface area contributed by atoms with Gasteiger partial charge in [-0.25, -0.2) is 0 Å². The van der Waals surface area contributed by atoms with Gasteiger partial charge >= 0.3 is 0 Å². The van der Waals surface area contributed by atoms with Crippen molar-refractivity contribution in [2.75, 3.05) is 5.32 Å². The number of benzene rings is 1. The van der Waals surface area contributed by atoms with E-state index in [-0.39, 0.29) is 10.8 Å².